The maximum absolute atomic E-state index is 11.5. The molecule has 0 aromatic rings. The van der Waals surface area contributed by atoms with Gasteiger partial charge in [-0.2, -0.15) is 0 Å². The minimum Gasteiger partial charge on any atom is -0.393 e. The number of aliphatic hydroxyl groups is 1. The van der Waals surface area contributed by atoms with Gasteiger partial charge in [0, 0.05) is 12.1 Å². The third-order valence-electron chi connectivity index (χ3n) is 3.63. The van der Waals surface area contributed by atoms with Gasteiger partial charge in [-0.15, -0.1) is 0 Å². The van der Waals surface area contributed by atoms with E-state index in [-0.39, 0.29) is 12.1 Å². The molecule has 0 aromatic carbocycles. The zero-order chi connectivity index (χ0) is 11.6. The van der Waals surface area contributed by atoms with E-state index in [4.69, 9.17) is 0 Å². The Labute approximate surface area is 97.3 Å². The third-order valence-corrected chi connectivity index (χ3v) is 5.45. The van der Waals surface area contributed by atoms with Gasteiger partial charge in [0.1, 0.15) is 0 Å². The van der Waals surface area contributed by atoms with Crippen LogP contribution >= 0.6 is 0 Å². The quantitative estimate of drug-likeness (QED) is 0.744. The molecule has 1 saturated carbocycles. The monoisotopic (exact) mass is 247 g/mol. The van der Waals surface area contributed by atoms with Crippen LogP contribution in [0.2, 0.25) is 0 Å². The summed E-state index contributed by atoms with van der Waals surface area (Å²) < 4.78 is 22.9. The molecular formula is C11H21NO3S. The second-order valence-corrected chi connectivity index (χ2v) is 7.35. The number of aliphatic hydroxyl groups excluding tert-OH is 1. The standard InChI is InChI=1S/C11H21NO3S/c13-11-5-3-9(4-6-11)12-10-2-1-7-16(14,15)8-10/h9-13H,1-8H2. The summed E-state index contributed by atoms with van der Waals surface area (Å²) in [6.07, 6.45) is 5.24. The Morgan fingerprint density at radius 3 is 2.31 bits per heavy atom. The molecule has 2 aliphatic rings. The van der Waals surface area contributed by atoms with Crippen molar-refractivity contribution in [3.63, 3.8) is 0 Å². The van der Waals surface area contributed by atoms with Crippen molar-refractivity contribution in [1.29, 1.82) is 0 Å². The van der Waals surface area contributed by atoms with E-state index < -0.39 is 9.84 Å². The summed E-state index contributed by atoms with van der Waals surface area (Å²) in [6, 6.07) is 0.542. The van der Waals surface area contributed by atoms with E-state index >= 15 is 0 Å². The molecule has 1 heterocycles. The van der Waals surface area contributed by atoms with Gasteiger partial charge < -0.3 is 10.4 Å². The molecular weight excluding hydrogens is 226 g/mol. The summed E-state index contributed by atoms with van der Waals surface area (Å²) in [5.74, 6) is 0.653. The van der Waals surface area contributed by atoms with Crippen LogP contribution in [-0.4, -0.2) is 43.2 Å². The molecule has 1 unspecified atom stereocenters. The molecule has 4 nitrogen and oxygen atoms in total. The predicted octanol–water partition coefficient (Wildman–Crippen LogP) is 0.457. The molecule has 2 N–H and O–H groups in total. The van der Waals surface area contributed by atoms with Crippen molar-refractivity contribution in [2.45, 2.75) is 56.7 Å². The average Bonchev–Trinajstić information content (AvgIpc) is 2.20. The lowest BCUT2D eigenvalue weighted by molar-refractivity contribution is 0.114. The molecule has 2 rings (SSSR count). The van der Waals surface area contributed by atoms with Gasteiger partial charge in [0.2, 0.25) is 0 Å². The lowest BCUT2D eigenvalue weighted by Crippen LogP contribution is -2.46. The van der Waals surface area contributed by atoms with Crippen LogP contribution in [0.5, 0.6) is 0 Å². The minimum absolute atomic E-state index is 0.138. The van der Waals surface area contributed by atoms with Crippen LogP contribution < -0.4 is 5.32 Å². The van der Waals surface area contributed by atoms with Crippen molar-refractivity contribution in [1.82, 2.24) is 5.32 Å². The fraction of sp³-hybridized carbons (Fsp3) is 1.00. The molecule has 1 aliphatic carbocycles. The highest BCUT2D eigenvalue weighted by atomic mass is 32.2. The molecule has 1 aliphatic heterocycles. The summed E-state index contributed by atoms with van der Waals surface area (Å²) in [4.78, 5) is 0. The summed E-state index contributed by atoms with van der Waals surface area (Å²) in [5.41, 5.74) is 0. The number of rotatable bonds is 2. The second kappa shape index (κ2) is 5.02. The summed E-state index contributed by atoms with van der Waals surface area (Å²) in [5, 5.41) is 12.8. The van der Waals surface area contributed by atoms with Crippen LogP contribution in [0.4, 0.5) is 0 Å². The Morgan fingerprint density at radius 2 is 1.69 bits per heavy atom. The molecule has 5 heteroatoms. The number of hydrogen-bond acceptors (Lipinski definition) is 4. The zero-order valence-electron chi connectivity index (χ0n) is 9.56. The first-order valence-electron chi connectivity index (χ1n) is 6.20. The summed E-state index contributed by atoms with van der Waals surface area (Å²) in [7, 11) is -2.81. The molecule has 16 heavy (non-hydrogen) atoms. The third kappa shape index (κ3) is 3.43. The van der Waals surface area contributed by atoms with Gasteiger partial charge in [-0.05, 0) is 38.5 Å². The van der Waals surface area contributed by atoms with Crippen molar-refractivity contribution in [3.05, 3.63) is 0 Å². The molecule has 0 radical (unpaired) electrons. The Bertz CT molecular complexity index is 320. The first kappa shape index (κ1) is 12.3. The van der Waals surface area contributed by atoms with Crippen LogP contribution in [0.15, 0.2) is 0 Å². The van der Waals surface area contributed by atoms with Crippen LogP contribution in [0, 0.1) is 0 Å². The molecule has 1 saturated heterocycles. The SMILES string of the molecule is O=S1(=O)CCCC(NC2CCC(O)CC2)C1. The van der Waals surface area contributed by atoms with E-state index in [1.165, 1.54) is 0 Å². The summed E-state index contributed by atoms with van der Waals surface area (Å²) in [6.45, 7) is 0. The van der Waals surface area contributed by atoms with Gasteiger partial charge >= 0.3 is 0 Å². The molecule has 0 aromatic heterocycles. The Morgan fingerprint density at radius 1 is 1.00 bits per heavy atom. The van der Waals surface area contributed by atoms with Gasteiger partial charge in [-0.3, -0.25) is 0 Å². The van der Waals surface area contributed by atoms with Crippen molar-refractivity contribution < 1.29 is 13.5 Å². The number of sulfone groups is 1. The first-order chi connectivity index (χ1) is 7.55. The van der Waals surface area contributed by atoms with Crippen LogP contribution in [0.3, 0.4) is 0 Å². The van der Waals surface area contributed by atoms with E-state index in [1.54, 1.807) is 0 Å². The van der Waals surface area contributed by atoms with Crippen LogP contribution in [-0.2, 0) is 9.84 Å². The fourth-order valence-electron chi connectivity index (χ4n) is 2.73. The molecule has 0 bridgehead atoms. The normalized spacial score (nSPS) is 39.4. The summed E-state index contributed by atoms with van der Waals surface area (Å²) >= 11 is 0. The maximum atomic E-state index is 11.5. The second-order valence-electron chi connectivity index (χ2n) is 5.13. The lowest BCUT2D eigenvalue weighted by Gasteiger charge is -2.32. The maximum Gasteiger partial charge on any atom is 0.151 e. The van der Waals surface area contributed by atoms with Gasteiger partial charge in [-0.1, -0.05) is 0 Å². The highest BCUT2D eigenvalue weighted by Crippen LogP contribution is 2.20. The molecule has 0 amide bonds. The molecule has 94 valence electrons. The fourth-order valence-corrected chi connectivity index (χ4v) is 4.38. The smallest absolute Gasteiger partial charge is 0.151 e. The number of nitrogens with one attached hydrogen (secondary N) is 1. The number of hydrogen-bond donors (Lipinski definition) is 2. The largest absolute Gasteiger partial charge is 0.393 e. The Kier molecular flexibility index (Phi) is 3.87. The van der Waals surface area contributed by atoms with Gasteiger partial charge in [-0.25, -0.2) is 8.42 Å². The lowest BCUT2D eigenvalue weighted by atomic mass is 9.92. The van der Waals surface area contributed by atoms with E-state index in [9.17, 15) is 13.5 Å². The van der Waals surface area contributed by atoms with Gasteiger partial charge in [0.05, 0.1) is 17.6 Å². The van der Waals surface area contributed by atoms with Crippen molar-refractivity contribution >= 4 is 9.84 Å². The van der Waals surface area contributed by atoms with E-state index in [1.807, 2.05) is 0 Å². The first-order valence-corrected chi connectivity index (χ1v) is 8.02. The molecule has 0 spiro atoms. The molecule has 1 atom stereocenters. The van der Waals surface area contributed by atoms with E-state index in [0.717, 1.165) is 38.5 Å². The Hall–Kier alpha value is -0.130. The van der Waals surface area contributed by atoms with Crippen molar-refractivity contribution in [3.8, 4) is 0 Å². The topological polar surface area (TPSA) is 66.4 Å². The predicted molar refractivity (Wildman–Crippen MR) is 63.1 cm³/mol. The van der Waals surface area contributed by atoms with E-state index in [0.29, 0.717) is 17.5 Å². The van der Waals surface area contributed by atoms with Crippen molar-refractivity contribution in [2.24, 2.45) is 0 Å². The highest BCUT2D eigenvalue weighted by molar-refractivity contribution is 7.91. The van der Waals surface area contributed by atoms with E-state index in [2.05, 4.69) is 5.32 Å². The van der Waals surface area contributed by atoms with Gasteiger partial charge in [0.15, 0.2) is 9.84 Å². The van der Waals surface area contributed by atoms with Gasteiger partial charge in [0.25, 0.3) is 0 Å². The average molecular weight is 247 g/mol. The minimum atomic E-state index is -2.81. The Balaban J connectivity index is 1.81. The highest BCUT2D eigenvalue weighted by Gasteiger charge is 2.27. The zero-order valence-corrected chi connectivity index (χ0v) is 10.4. The molecule has 2 fully saturated rings. The van der Waals surface area contributed by atoms with Crippen LogP contribution in [0.25, 0.3) is 0 Å². The van der Waals surface area contributed by atoms with Crippen molar-refractivity contribution in [2.75, 3.05) is 11.5 Å². The van der Waals surface area contributed by atoms with Crippen LogP contribution in [0.1, 0.15) is 38.5 Å².